The van der Waals surface area contributed by atoms with Crippen LogP contribution in [-0.2, 0) is 17.8 Å². The van der Waals surface area contributed by atoms with Crippen LogP contribution in [0.5, 0.6) is 0 Å². The highest BCUT2D eigenvalue weighted by Crippen LogP contribution is 2.11. The number of aliphatic carboxylic acids is 1. The van der Waals surface area contributed by atoms with Gasteiger partial charge < -0.3 is 15.7 Å². The second-order valence-corrected chi connectivity index (χ2v) is 5.80. The van der Waals surface area contributed by atoms with Crippen molar-refractivity contribution in [3.05, 3.63) is 30.4 Å². The smallest absolute Gasteiger partial charge is 0.346 e. The molecular weight excluding hydrogens is 296 g/mol. The topological polar surface area (TPSA) is 107 Å². The second kappa shape index (κ2) is 11.8. The van der Waals surface area contributed by atoms with Gasteiger partial charge in [-0.25, -0.2) is 14.3 Å². The molecule has 6 heteroatoms. The van der Waals surface area contributed by atoms with Crippen molar-refractivity contribution >= 4 is 5.97 Å². The number of hydrogen-bond acceptors (Lipinski definition) is 3. The Balaban J connectivity index is 0.00000484. The molecule has 1 aromatic heterocycles. The molecule has 0 aliphatic carbocycles. The van der Waals surface area contributed by atoms with E-state index in [1.807, 2.05) is 6.08 Å². The maximum atomic E-state index is 10.9. The fourth-order valence-corrected chi connectivity index (χ4v) is 2.51. The second-order valence-electron chi connectivity index (χ2n) is 5.80. The van der Waals surface area contributed by atoms with Crippen molar-refractivity contribution in [3.8, 4) is 0 Å². The number of carboxylic acids is 1. The minimum Gasteiger partial charge on any atom is -0.870 e. The van der Waals surface area contributed by atoms with Crippen LogP contribution in [0.1, 0.15) is 69.5 Å². The first kappa shape index (κ1) is 21.3. The maximum absolute atomic E-state index is 10.9. The Morgan fingerprint density at radius 3 is 2.48 bits per heavy atom. The van der Waals surface area contributed by atoms with E-state index in [0.29, 0.717) is 5.69 Å². The number of nitrogens with zero attached hydrogens (tertiary/aromatic N) is 1. The minimum absolute atomic E-state index is 0. The van der Waals surface area contributed by atoms with E-state index in [4.69, 9.17) is 5.11 Å². The average molecular weight is 326 g/mol. The molecule has 0 spiro atoms. The number of imidazole rings is 1. The molecule has 0 saturated heterocycles. The Bertz CT molecular complexity index is 469. The van der Waals surface area contributed by atoms with Gasteiger partial charge in [-0.05, 0) is 26.2 Å². The van der Waals surface area contributed by atoms with Crippen molar-refractivity contribution in [2.75, 3.05) is 0 Å². The van der Waals surface area contributed by atoms with Crippen LogP contribution in [0.15, 0.2) is 18.9 Å². The number of carboxylic acid groups (broad SMARTS) is 1. The molecule has 0 fully saturated rings. The third-order valence-electron chi connectivity index (χ3n) is 3.76. The number of nitrogens with one attached hydrogen (secondary N) is 1. The average Bonchev–Trinajstić information content (AvgIpc) is 2.84. The van der Waals surface area contributed by atoms with Crippen molar-refractivity contribution in [1.29, 1.82) is 0 Å². The lowest BCUT2D eigenvalue weighted by Crippen LogP contribution is -2.40. The molecule has 0 aliphatic rings. The number of carbonyl (C=O) groups is 1. The van der Waals surface area contributed by atoms with Crippen LogP contribution in [-0.4, -0.2) is 26.6 Å². The van der Waals surface area contributed by atoms with Gasteiger partial charge in [-0.1, -0.05) is 31.8 Å². The van der Waals surface area contributed by atoms with Gasteiger partial charge in [0.2, 0.25) is 0 Å². The van der Waals surface area contributed by atoms with Crippen LogP contribution in [0.4, 0.5) is 0 Å². The van der Waals surface area contributed by atoms with Gasteiger partial charge in [0, 0.05) is 6.42 Å². The van der Waals surface area contributed by atoms with E-state index in [2.05, 4.69) is 11.6 Å². The third kappa shape index (κ3) is 8.52. The van der Waals surface area contributed by atoms with Gasteiger partial charge in [-0.3, -0.25) is 0 Å². The van der Waals surface area contributed by atoms with Crippen molar-refractivity contribution in [2.24, 2.45) is 0 Å². The van der Waals surface area contributed by atoms with Gasteiger partial charge in [-0.2, -0.15) is 0 Å². The summed E-state index contributed by atoms with van der Waals surface area (Å²) in [5.74, 6) is 0.00886. The van der Waals surface area contributed by atoms with E-state index in [0.717, 1.165) is 31.5 Å². The summed E-state index contributed by atoms with van der Waals surface area (Å²) in [4.78, 5) is 14.0. The van der Waals surface area contributed by atoms with Gasteiger partial charge in [0.05, 0.1) is 0 Å². The molecule has 1 rings (SSSR count). The zero-order valence-corrected chi connectivity index (χ0v) is 14.0. The summed E-state index contributed by atoms with van der Waals surface area (Å²) in [5, 5.41) is 18.6. The molecule has 23 heavy (non-hydrogen) atoms. The van der Waals surface area contributed by atoms with Gasteiger partial charge in [0.25, 0.3) is 5.82 Å². The molecule has 0 aliphatic heterocycles. The molecule has 1 heterocycles. The van der Waals surface area contributed by atoms with Crippen molar-refractivity contribution in [3.63, 3.8) is 0 Å². The zero-order chi connectivity index (χ0) is 16.4. The van der Waals surface area contributed by atoms with Crippen LogP contribution >= 0.6 is 0 Å². The molecular formula is C17H30N2O4. The highest BCUT2D eigenvalue weighted by molar-refractivity contribution is 5.64. The minimum atomic E-state index is -0.871. The van der Waals surface area contributed by atoms with Crippen molar-refractivity contribution in [1.82, 2.24) is 4.98 Å². The number of hydrogen-bond donors (Lipinski definition) is 3. The number of aromatic amines is 1. The highest BCUT2D eigenvalue weighted by atomic mass is 16.4. The Morgan fingerprint density at radius 2 is 1.91 bits per heavy atom. The summed E-state index contributed by atoms with van der Waals surface area (Å²) < 4.78 is 1.69. The number of aryl methyl sites for hydroxylation is 1. The van der Waals surface area contributed by atoms with Crippen LogP contribution in [0, 0.1) is 0 Å². The van der Waals surface area contributed by atoms with E-state index in [-0.39, 0.29) is 12.0 Å². The number of aliphatic hydroxyl groups excluding tert-OH is 1. The van der Waals surface area contributed by atoms with Gasteiger partial charge >= 0.3 is 5.97 Å². The number of aliphatic hydroxyl groups is 1. The Morgan fingerprint density at radius 1 is 1.30 bits per heavy atom. The summed E-state index contributed by atoms with van der Waals surface area (Å²) in [6.45, 7) is 5.32. The first-order valence-corrected chi connectivity index (χ1v) is 8.16. The summed E-state index contributed by atoms with van der Waals surface area (Å²) in [5.41, 5.74) is 0.667. The largest absolute Gasteiger partial charge is 0.870 e. The first-order valence-electron chi connectivity index (χ1n) is 8.16. The number of rotatable bonds is 12. The molecule has 1 unspecified atom stereocenters. The van der Waals surface area contributed by atoms with Crippen LogP contribution in [0.25, 0.3) is 0 Å². The third-order valence-corrected chi connectivity index (χ3v) is 3.76. The van der Waals surface area contributed by atoms with Crippen LogP contribution in [0.2, 0.25) is 0 Å². The van der Waals surface area contributed by atoms with E-state index in [1.165, 1.54) is 25.7 Å². The monoisotopic (exact) mass is 326 g/mol. The molecule has 6 nitrogen and oxygen atoms in total. The Kier molecular flexibility index (Phi) is 11.0. The number of H-pyrrole nitrogens is 1. The van der Waals surface area contributed by atoms with E-state index < -0.39 is 12.1 Å². The lowest BCUT2D eigenvalue weighted by Gasteiger charge is -2.00. The standard InChI is InChI=1S/C17H28N2O3.H2O/c1-3-4-5-6-7-8-9-10-11-16-18-15(14(2)20)12-19(16)13-17(21)22;/h3,12,14,20H,1,4-11,13H2,2H3,(H,21,22);1H2. The summed E-state index contributed by atoms with van der Waals surface area (Å²) in [6.07, 6.45) is 12.1. The van der Waals surface area contributed by atoms with E-state index in [9.17, 15) is 9.90 Å². The molecule has 0 aromatic carbocycles. The number of aromatic nitrogens is 2. The van der Waals surface area contributed by atoms with Crippen LogP contribution in [0.3, 0.4) is 0 Å². The SMILES string of the molecule is C=CCCCCCCCCc1[nH]c(C(C)O)c[n+]1CC(=O)O.[OH-]. The summed E-state index contributed by atoms with van der Waals surface area (Å²) >= 11 is 0. The molecule has 1 atom stereocenters. The quantitative estimate of drug-likeness (QED) is 0.312. The van der Waals surface area contributed by atoms with Gasteiger partial charge in [0.1, 0.15) is 12.3 Å². The molecule has 0 saturated carbocycles. The van der Waals surface area contributed by atoms with E-state index >= 15 is 0 Å². The molecule has 4 N–H and O–H groups in total. The van der Waals surface area contributed by atoms with Crippen molar-refractivity contribution < 1.29 is 25.1 Å². The summed E-state index contributed by atoms with van der Waals surface area (Å²) in [7, 11) is 0. The highest BCUT2D eigenvalue weighted by Gasteiger charge is 2.19. The van der Waals surface area contributed by atoms with E-state index in [1.54, 1.807) is 17.7 Å². The first-order chi connectivity index (χ1) is 10.5. The molecule has 1 aromatic rings. The fourth-order valence-electron chi connectivity index (χ4n) is 2.51. The predicted molar refractivity (Wildman–Crippen MR) is 87.4 cm³/mol. The Hall–Kier alpha value is -1.66. The summed E-state index contributed by atoms with van der Waals surface area (Å²) in [6, 6.07) is 0. The predicted octanol–water partition coefficient (Wildman–Crippen LogP) is 2.72. The number of allylic oxidation sites excluding steroid dienone is 1. The Labute approximate surface area is 138 Å². The normalized spacial score (nSPS) is 11.7. The molecule has 132 valence electrons. The lowest BCUT2D eigenvalue weighted by molar-refractivity contribution is -0.692. The van der Waals surface area contributed by atoms with Crippen molar-refractivity contribution in [2.45, 2.75) is 70.9 Å². The molecule has 0 radical (unpaired) electrons. The molecule has 0 amide bonds. The van der Waals surface area contributed by atoms with Gasteiger partial charge in [-0.15, -0.1) is 6.58 Å². The maximum Gasteiger partial charge on any atom is 0.346 e. The molecule has 0 bridgehead atoms. The zero-order valence-electron chi connectivity index (χ0n) is 14.0. The van der Waals surface area contributed by atoms with Crippen LogP contribution < -0.4 is 4.57 Å². The lowest BCUT2D eigenvalue weighted by atomic mass is 10.1. The van der Waals surface area contributed by atoms with Gasteiger partial charge in [0.15, 0.2) is 12.2 Å². The fraction of sp³-hybridized carbons (Fsp3) is 0.647. The number of unbranched alkanes of at least 4 members (excludes halogenated alkanes) is 6.